The molecule has 6 heteroatoms. The SMILES string of the molecule is C[C@@H](OC(=O)Cc1ccc2c(c1)CCC2)C(=O)N1c2ccccc2NC(=O)C1(C)C. The first-order chi connectivity index (χ1) is 14.3. The highest BCUT2D eigenvalue weighted by molar-refractivity contribution is 6.15. The molecule has 2 aliphatic rings. The third-order valence-electron chi connectivity index (χ3n) is 5.90. The molecular formula is C24H26N2O4. The van der Waals surface area contributed by atoms with Crippen molar-refractivity contribution in [3.05, 3.63) is 59.2 Å². The van der Waals surface area contributed by atoms with Gasteiger partial charge in [-0.2, -0.15) is 0 Å². The fourth-order valence-corrected chi connectivity index (χ4v) is 4.22. The Hall–Kier alpha value is -3.15. The van der Waals surface area contributed by atoms with Crippen LogP contribution >= 0.6 is 0 Å². The number of hydrogen-bond acceptors (Lipinski definition) is 4. The third kappa shape index (κ3) is 3.58. The molecule has 156 valence electrons. The lowest BCUT2D eigenvalue weighted by molar-refractivity contribution is -0.153. The normalized spacial score (nSPS) is 17.6. The number of carbonyl (C=O) groups excluding carboxylic acids is 3. The molecule has 2 aromatic carbocycles. The standard InChI is InChI=1S/C24H26N2O4/c1-15(30-21(27)14-16-11-12-17-7-6-8-18(17)13-16)22(28)26-20-10-5-4-9-19(20)25-23(29)24(26,2)3/h4-5,9-13,15H,6-8,14H2,1-3H3,(H,25,29)/t15-/m1/s1. The zero-order valence-electron chi connectivity index (χ0n) is 17.5. The van der Waals surface area contributed by atoms with Crippen molar-refractivity contribution in [2.24, 2.45) is 0 Å². The molecule has 6 nitrogen and oxygen atoms in total. The molecule has 0 radical (unpaired) electrons. The van der Waals surface area contributed by atoms with Crippen LogP contribution in [0, 0.1) is 0 Å². The maximum absolute atomic E-state index is 13.2. The van der Waals surface area contributed by atoms with Gasteiger partial charge in [-0.3, -0.25) is 19.3 Å². The van der Waals surface area contributed by atoms with Crippen LogP contribution in [0.25, 0.3) is 0 Å². The molecule has 1 aliphatic heterocycles. The molecule has 30 heavy (non-hydrogen) atoms. The Morgan fingerprint density at radius 3 is 2.67 bits per heavy atom. The van der Waals surface area contributed by atoms with Crippen LogP contribution in [-0.2, 0) is 38.4 Å². The molecular weight excluding hydrogens is 380 g/mol. The maximum Gasteiger partial charge on any atom is 0.311 e. The maximum atomic E-state index is 13.2. The molecule has 0 spiro atoms. The molecule has 4 rings (SSSR count). The van der Waals surface area contributed by atoms with Crippen LogP contribution in [0.1, 0.15) is 43.9 Å². The number of para-hydroxylation sites is 2. The van der Waals surface area contributed by atoms with Crippen molar-refractivity contribution in [2.75, 3.05) is 10.2 Å². The fourth-order valence-electron chi connectivity index (χ4n) is 4.22. The number of esters is 1. The van der Waals surface area contributed by atoms with Gasteiger partial charge in [0.25, 0.3) is 5.91 Å². The number of rotatable bonds is 4. The van der Waals surface area contributed by atoms with Crippen molar-refractivity contribution in [3.8, 4) is 0 Å². The zero-order valence-corrected chi connectivity index (χ0v) is 17.5. The predicted octanol–water partition coefficient (Wildman–Crippen LogP) is 3.41. The highest BCUT2D eigenvalue weighted by atomic mass is 16.5. The molecule has 0 bridgehead atoms. The highest BCUT2D eigenvalue weighted by Gasteiger charge is 2.45. The van der Waals surface area contributed by atoms with Gasteiger partial charge in [-0.1, -0.05) is 30.3 Å². The first kappa shape index (κ1) is 20.1. The molecule has 2 amide bonds. The number of ether oxygens (including phenoxy) is 1. The van der Waals surface area contributed by atoms with E-state index in [2.05, 4.69) is 17.4 Å². The summed E-state index contributed by atoms with van der Waals surface area (Å²) >= 11 is 0. The van der Waals surface area contributed by atoms with E-state index in [0.717, 1.165) is 24.8 Å². The molecule has 0 fully saturated rings. The number of hydrogen-bond donors (Lipinski definition) is 1. The summed E-state index contributed by atoms with van der Waals surface area (Å²) in [4.78, 5) is 39.7. The minimum atomic E-state index is -1.11. The molecule has 0 saturated heterocycles. The summed E-state index contributed by atoms with van der Waals surface area (Å²) in [6, 6.07) is 13.2. The van der Waals surface area contributed by atoms with Crippen LogP contribution in [0.2, 0.25) is 0 Å². The fraction of sp³-hybridized carbons (Fsp3) is 0.375. The molecule has 1 heterocycles. The van der Waals surface area contributed by atoms with Crippen molar-refractivity contribution in [2.45, 2.75) is 58.1 Å². The number of nitrogens with one attached hydrogen (secondary N) is 1. The largest absolute Gasteiger partial charge is 0.452 e. The van der Waals surface area contributed by atoms with Crippen molar-refractivity contribution >= 4 is 29.2 Å². The van der Waals surface area contributed by atoms with Crippen LogP contribution in [-0.4, -0.2) is 29.4 Å². The molecule has 2 aromatic rings. The van der Waals surface area contributed by atoms with E-state index in [0.29, 0.717) is 11.4 Å². The first-order valence-electron chi connectivity index (χ1n) is 10.3. The number of aryl methyl sites for hydroxylation is 2. The quantitative estimate of drug-likeness (QED) is 0.790. The summed E-state index contributed by atoms with van der Waals surface area (Å²) in [5.41, 5.74) is 3.58. The topological polar surface area (TPSA) is 75.7 Å². The van der Waals surface area contributed by atoms with E-state index in [1.807, 2.05) is 6.07 Å². The van der Waals surface area contributed by atoms with E-state index in [1.54, 1.807) is 45.0 Å². The van der Waals surface area contributed by atoms with Crippen molar-refractivity contribution < 1.29 is 19.1 Å². The first-order valence-corrected chi connectivity index (χ1v) is 10.3. The molecule has 1 atom stereocenters. The van der Waals surface area contributed by atoms with Gasteiger partial charge in [-0.25, -0.2) is 0 Å². The minimum Gasteiger partial charge on any atom is -0.452 e. The number of anilines is 2. The Morgan fingerprint density at radius 2 is 1.87 bits per heavy atom. The smallest absolute Gasteiger partial charge is 0.311 e. The van der Waals surface area contributed by atoms with Gasteiger partial charge < -0.3 is 10.1 Å². The van der Waals surface area contributed by atoms with Gasteiger partial charge in [0, 0.05) is 0 Å². The number of fused-ring (bicyclic) bond motifs is 2. The Morgan fingerprint density at radius 1 is 1.13 bits per heavy atom. The van der Waals surface area contributed by atoms with Crippen LogP contribution < -0.4 is 10.2 Å². The van der Waals surface area contributed by atoms with Gasteiger partial charge in [0.05, 0.1) is 17.8 Å². The number of benzene rings is 2. The van der Waals surface area contributed by atoms with E-state index in [-0.39, 0.29) is 12.3 Å². The van der Waals surface area contributed by atoms with Gasteiger partial charge in [0.2, 0.25) is 5.91 Å². The summed E-state index contributed by atoms with van der Waals surface area (Å²) in [5, 5.41) is 2.83. The average Bonchev–Trinajstić information content (AvgIpc) is 3.16. The monoisotopic (exact) mass is 406 g/mol. The second-order valence-corrected chi connectivity index (χ2v) is 8.47. The van der Waals surface area contributed by atoms with E-state index in [1.165, 1.54) is 16.0 Å². The van der Waals surface area contributed by atoms with Gasteiger partial charge in [0.1, 0.15) is 5.54 Å². The Labute approximate surface area is 176 Å². The second kappa shape index (κ2) is 7.59. The lowest BCUT2D eigenvalue weighted by Crippen LogP contribution is -2.60. The highest BCUT2D eigenvalue weighted by Crippen LogP contribution is 2.37. The van der Waals surface area contributed by atoms with E-state index in [4.69, 9.17) is 4.74 Å². The van der Waals surface area contributed by atoms with Crippen molar-refractivity contribution in [3.63, 3.8) is 0 Å². The van der Waals surface area contributed by atoms with Gasteiger partial charge in [-0.05, 0) is 68.9 Å². The summed E-state index contributed by atoms with van der Waals surface area (Å²) in [6.45, 7) is 4.90. The minimum absolute atomic E-state index is 0.116. The van der Waals surface area contributed by atoms with Gasteiger partial charge in [0.15, 0.2) is 6.10 Å². The summed E-state index contributed by atoms with van der Waals surface area (Å²) in [5.74, 6) is -1.17. The van der Waals surface area contributed by atoms with Gasteiger partial charge in [-0.15, -0.1) is 0 Å². The molecule has 0 saturated carbocycles. The van der Waals surface area contributed by atoms with E-state index in [9.17, 15) is 14.4 Å². The Bertz CT molecular complexity index is 1030. The zero-order chi connectivity index (χ0) is 21.5. The predicted molar refractivity (Wildman–Crippen MR) is 114 cm³/mol. The number of nitrogens with zero attached hydrogens (tertiary/aromatic N) is 1. The Kier molecular flexibility index (Phi) is 5.10. The van der Waals surface area contributed by atoms with Crippen molar-refractivity contribution in [1.29, 1.82) is 0 Å². The number of carbonyl (C=O) groups is 3. The Balaban J connectivity index is 1.49. The molecule has 0 unspecified atom stereocenters. The molecule has 0 aromatic heterocycles. The van der Waals surface area contributed by atoms with Crippen LogP contribution in [0.5, 0.6) is 0 Å². The summed E-state index contributed by atoms with van der Waals surface area (Å²) < 4.78 is 5.47. The van der Waals surface area contributed by atoms with Gasteiger partial charge >= 0.3 is 5.97 Å². The lowest BCUT2D eigenvalue weighted by atomic mass is 9.95. The average molecular weight is 406 g/mol. The van der Waals surface area contributed by atoms with Crippen LogP contribution in [0.4, 0.5) is 11.4 Å². The lowest BCUT2D eigenvalue weighted by Gasteiger charge is -2.42. The molecule has 1 aliphatic carbocycles. The second-order valence-electron chi connectivity index (χ2n) is 8.47. The third-order valence-corrected chi connectivity index (χ3v) is 5.90. The summed E-state index contributed by atoms with van der Waals surface area (Å²) in [7, 11) is 0. The van der Waals surface area contributed by atoms with Crippen LogP contribution in [0.15, 0.2) is 42.5 Å². The van der Waals surface area contributed by atoms with E-state index >= 15 is 0 Å². The van der Waals surface area contributed by atoms with E-state index < -0.39 is 23.5 Å². The number of amides is 2. The molecule has 1 N–H and O–H groups in total. The van der Waals surface area contributed by atoms with Crippen molar-refractivity contribution in [1.82, 2.24) is 0 Å². The summed E-state index contributed by atoms with van der Waals surface area (Å²) in [6.07, 6.45) is 2.39. The van der Waals surface area contributed by atoms with Crippen LogP contribution in [0.3, 0.4) is 0 Å².